The molecule has 4 rings (SSSR count). The molecule has 0 bridgehead atoms. The predicted molar refractivity (Wildman–Crippen MR) is 112 cm³/mol. The first kappa shape index (κ1) is 19.0. The molecule has 0 fully saturated rings. The number of hydrogen-bond acceptors (Lipinski definition) is 3. The molecule has 0 spiro atoms. The fourth-order valence-electron chi connectivity index (χ4n) is 3.48. The van der Waals surface area contributed by atoms with Gasteiger partial charge >= 0.3 is 0 Å². The lowest BCUT2D eigenvalue weighted by molar-refractivity contribution is 0.0939. The summed E-state index contributed by atoms with van der Waals surface area (Å²) in [5.41, 5.74) is 4.30. The Kier molecular flexibility index (Phi) is 5.49. The molecular formula is C24H22FN3O. The highest BCUT2D eigenvalue weighted by Gasteiger charge is 2.25. The molecule has 1 aromatic heterocycles. The molecule has 0 amide bonds. The predicted octanol–water partition coefficient (Wildman–Crippen LogP) is 4.77. The number of benzene rings is 3. The van der Waals surface area contributed by atoms with Gasteiger partial charge < -0.3 is 5.32 Å². The van der Waals surface area contributed by atoms with Crippen LogP contribution in [-0.4, -0.2) is 22.5 Å². The standard InChI is InChI=1S/C24H22FN3O/c1-16-7-12-20-21(15-16)27-28-23(20)24(29)22(18-5-3-2-4-6-18)26-14-13-17-8-10-19(25)11-9-17/h2-12,15,22,26H,13-14H2,1H3,(H,27,28)/t22-/m0/s1. The Hall–Kier alpha value is -3.31. The van der Waals surface area contributed by atoms with Crippen molar-refractivity contribution in [2.75, 3.05) is 6.54 Å². The Balaban J connectivity index is 1.58. The molecule has 0 saturated heterocycles. The highest BCUT2D eigenvalue weighted by Crippen LogP contribution is 2.24. The molecule has 1 atom stereocenters. The van der Waals surface area contributed by atoms with E-state index < -0.39 is 6.04 Å². The molecule has 3 aromatic carbocycles. The minimum Gasteiger partial charge on any atom is -0.303 e. The number of aromatic amines is 1. The van der Waals surface area contributed by atoms with E-state index in [-0.39, 0.29) is 11.6 Å². The first-order valence-corrected chi connectivity index (χ1v) is 9.63. The van der Waals surface area contributed by atoms with E-state index >= 15 is 0 Å². The van der Waals surface area contributed by atoms with Crippen molar-refractivity contribution >= 4 is 16.7 Å². The number of Topliss-reactive ketones (excluding diaryl/α,β-unsaturated/α-hetero) is 1. The van der Waals surface area contributed by atoms with Gasteiger partial charge in [0.15, 0.2) is 0 Å². The number of carbonyl (C=O) groups is 1. The van der Waals surface area contributed by atoms with Gasteiger partial charge in [0.2, 0.25) is 5.78 Å². The summed E-state index contributed by atoms with van der Waals surface area (Å²) in [5, 5.41) is 11.5. The van der Waals surface area contributed by atoms with Crippen molar-refractivity contribution in [1.29, 1.82) is 0 Å². The van der Waals surface area contributed by atoms with Gasteiger partial charge in [0.25, 0.3) is 0 Å². The Morgan fingerprint density at radius 1 is 1.07 bits per heavy atom. The van der Waals surface area contributed by atoms with Crippen molar-refractivity contribution in [2.24, 2.45) is 0 Å². The van der Waals surface area contributed by atoms with Gasteiger partial charge in [-0.05, 0) is 48.2 Å². The van der Waals surface area contributed by atoms with Crippen LogP contribution in [0.15, 0.2) is 72.8 Å². The first-order chi connectivity index (χ1) is 14.1. The summed E-state index contributed by atoms with van der Waals surface area (Å²) in [6, 6.07) is 21.5. The van der Waals surface area contributed by atoms with E-state index in [0.717, 1.165) is 27.6 Å². The third-order valence-electron chi connectivity index (χ3n) is 5.02. The van der Waals surface area contributed by atoms with Crippen LogP contribution in [0.2, 0.25) is 0 Å². The minimum absolute atomic E-state index is 0.0783. The summed E-state index contributed by atoms with van der Waals surface area (Å²) in [7, 11) is 0. The number of ketones is 1. The maximum absolute atomic E-state index is 13.4. The van der Waals surface area contributed by atoms with E-state index in [4.69, 9.17) is 0 Å². The van der Waals surface area contributed by atoms with E-state index in [1.165, 1.54) is 12.1 Å². The Morgan fingerprint density at radius 3 is 2.59 bits per heavy atom. The number of aromatic nitrogens is 2. The number of nitrogens with zero attached hydrogens (tertiary/aromatic N) is 1. The lowest BCUT2D eigenvalue weighted by Crippen LogP contribution is -2.30. The summed E-state index contributed by atoms with van der Waals surface area (Å²) in [6.45, 7) is 2.59. The molecule has 0 saturated carbocycles. The van der Waals surface area contributed by atoms with E-state index in [9.17, 15) is 9.18 Å². The van der Waals surface area contributed by atoms with E-state index in [2.05, 4.69) is 15.5 Å². The van der Waals surface area contributed by atoms with Gasteiger partial charge in [-0.2, -0.15) is 5.10 Å². The molecule has 0 radical (unpaired) electrons. The largest absolute Gasteiger partial charge is 0.303 e. The van der Waals surface area contributed by atoms with Crippen LogP contribution in [0.5, 0.6) is 0 Å². The van der Waals surface area contributed by atoms with Crippen molar-refractivity contribution in [3.05, 3.63) is 101 Å². The molecule has 0 unspecified atom stereocenters. The normalized spacial score (nSPS) is 12.2. The number of fused-ring (bicyclic) bond motifs is 1. The summed E-state index contributed by atoms with van der Waals surface area (Å²) in [5.74, 6) is -0.329. The van der Waals surface area contributed by atoms with Gasteiger partial charge in [-0.15, -0.1) is 0 Å². The summed E-state index contributed by atoms with van der Waals surface area (Å²) < 4.78 is 13.1. The highest BCUT2D eigenvalue weighted by atomic mass is 19.1. The van der Waals surface area contributed by atoms with Crippen molar-refractivity contribution < 1.29 is 9.18 Å². The second-order valence-corrected chi connectivity index (χ2v) is 7.16. The number of halogens is 1. The number of H-pyrrole nitrogens is 1. The van der Waals surface area contributed by atoms with Gasteiger partial charge in [-0.25, -0.2) is 4.39 Å². The number of hydrogen-bond donors (Lipinski definition) is 2. The Bertz CT molecular complexity index is 1120. The Labute approximate surface area is 168 Å². The van der Waals surface area contributed by atoms with Crippen molar-refractivity contribution in [3.8, 4) is 0 Å². The minimum atomic E-state index is -0.510. The van der Waals surface area contributed by atoms with Crippen molar-refractivity contribution in [2.45, 2.75) is 19.4 Å². The Morgan fingerprint density at radius 2 is 1.83 bits per heavy atom. The van der Waals surface area contributed by atoms with Crippen LogP contribution in [0.3, 0.4) is 0 Å². The van der Waals surface area contributed by atoms with Crippen molar-refractivity contribution in [3.63, 3.8) is 0 Å². The van der Waals surface area contributed by atoms with Gasteiger partial charge in [0, 0.05) is 11.9 Å². The van der Waals surface area contributed by atoms with Crippen molar-refractivity contribution in [1.82, 2.24) is 15.5 Å². The zero-order valence-corrected chi connectivity index (χ0v) is 16.2. The molecule has 0 aliphatic heterocycles. The van der Waals surface area contributed by atoms with Gasteiger partial charge in [-0.1, -0.05) is 54.6 Å². The molecule has 1 heterocycles. The molecule has 29 heavy (non-hydrogen) atoms. The fourth-order valence-corrected chi connectivity index (χ4v) is 3.48. The second-order valence-electron chi connectivity index (χ2n) is 7.16. The zero-order valence-electron chi connectivity index (χ0n) is 16.2. The van der Waals surface area contributed by atoms with Crippen LogP contribution in [-0.2, 0) is 6.42 Å². The molecule has 4 nitrogen and oxygen atoms in total. The van der Waals surface area contributed by atoms with E-state index in [0.29, 0.717) is 18.7 Å². The second kappa shape index (κ2) is 8.37. The van der Waals surface area contributed by atoms with Crippen LogP contribution in [0.4, 0.5) is 4.39 Å². The van der Waals surface area contributed by atoms with Gasteiger partial charge in [-0.3, -0.25) is 9.89 Å². The molecule has 0 aliphatic rings. The highest BCUT2D eigenvalue weighted by molar-refractivity contribution is 6.08. The molecule has 4 aromatic rings. The molecule has 5 heteroatoms. The quantitative estimate of drug-likeness (QED) is 0.449. The lowest BCUT2D eigenvalue weighted by atomic mass is 9.98. The lowest BCUT2D eigenvalue weighted by Gasteiger charge is -2.17. The smallest absolute Gasteiger partial charge is 0.205 e. The van der Waals surface area contributed by atoms with E-state index in [1.807, 2.05) is 55.5 Å². The van der Waals surface area contributed by atoms with Gasteiger partial charge in [0.1, 0.15) is 11.5 Å². The maximum atomic E-state index is 13.4. The van der Waals surface area contributed by atoms with Crippen LogP contribution < -0.4 is 5.32 Å². The summed E-state index contributed by atoms with van der Waals surface area (Å²) in [6.07, 6.45) is 0.692. The van der Waals surface area contributed by atoms with Crippen LogP contribution >= 0.6 is 0 Å². The molecule has 2 N–H and O–H groups in total. The number of rotatable bonds is 7. The first-order valence-electron chi connectivity index (χ1n) is 9.63. The average Bonchev–Trinajstić information content (AvgIpc) is 3.16. The summed E-state index contributed by atoms with van der Waals surface area (Å²) >= 11 is 0. The number of nitrogens with one attached hydrogen (secondary N) is 2. The topological polar surface area (TPSA) is 57.8 Å². The third-order valence-corrected chi connectivity index (χ3v) is 5.02. The fraction of sp³-hybridized carbons (Fsp3) is 0.167. The number of aryl methyl sites for hydroxylation is 1. The van der Waals surface area contributed by atoms with Crippen LogP contribution in [0.1, 0.15) is 33.2 Å². The molecule has 0 aliphatic carbocycles. The zero-order chi connectivity index (χ0) is 20.2. The molecular weight excluding hydrogens is 365 g/mol. The van der Waals surface area contributed by atoms with Gasteiger partial charge in [0.05, 0.1) is 11.6 Å². The monoisotopic (exact) mass is 387 g/mol. The van der Waals surface area contributed by atoms with Crippen LogP contribution in [0.25, 0.3) is 10.9 Å². The maximum Gasteiger partial charge on any atom is 0.205 e. The molecule has 146 valence electrons. The SMILES string of the molecule is Cc1ccc2c(C(=O)[C@@H](NCCc3ccc(F)cc3)c3ccccc3)n[nH]c2c1. The summed E-state index contributed by atoms with van der Waals surface area (Å²) in [4.78, 5) is 13.4. The van der Waals surface area contributed by atoms with Crippen LogP contribution in [0, 0.1) is 12.7 Å². The third kappa shape index (κ3) is 4.25. The average molecular weight is 387 g/mol. The number of carbonyl (C=O) groups excluding carboxylic acids is 1. The van der Waals surface area contributed by atoms with E-state index in [1.54, 1.807) is 12.1 Å².